The van der Waals surface area contributed by atoms with Gasteiger partial charge in [0, 0.05) is 12.2 Å². The molecule has 0 saturated carbocycles. The van der Waals surface area contributed by atoms with Gasteiger partial charge in [0.25, 0.3) is 5.91 Å². The van der Waals surface area contributed by atoms with E-state index in [9.17, 15) is 4.79 Å². The van der Waals surface area contributed by atoms with Crippen LogP contribution in [0.2, 0.25) is 0 Å². The molecule has 0 radical (unpaired) electrons. The van der Waals surface area contributed by atoms with Crippen LogP contribution in [0.15, 0.2) is 30.3 Å². The van der Waals surface area contributed by atoms with Gasteiger partial charge in [0.2, 0.25) is 0 Å². The van der Waals surface area contributed by atoms with Crippen LogP contribution in [0.1, 0.15) is 30.1 Å². The van der Waals surface area contributed by atoms with Crippen molar-refractivity contribution in [1.82, 2.24) is 5.32 Å². The van der Waals surface area contributed by atoms with Crippen LogP contribution < -0.4 is 5.32 Å². The maximum Gasteiger partial charge on any atom is 0.251 e. The number of rotatable bonds is 3. The molecule has 1 aliphatic rings. The van der Waals surface area contributed by atoms with Crippen LogP contribution in [-0.2, 0) is 4.74 Å². The van der Waals surface area contributed by atoms with Crippen molar-refractivity contribution in [2.75, 3.05) is 6.61 Å². The number of amides is 1. The van der Waals surface area contributed by atoms with E-state index in [1.807, 2.05) is 37.3 Å². The number of carbonyl (C=O) groups is 1. The number of carbonyl (C=O) groups excluding carboxylic acids is 1. The number of hydrogen-bond donors (Lipinski definition) is 1. The van der Waals surface area contributed by atoms with E-state index in [2.05, 4.69) is 5.32 Å². The zero-order chi connectivity index (χ0) is 11.4. The van der Waals surface area contributed by atoms with Crippen molar-refractivity contribution in [3.8, 4) is 0 Å². The van der Waals surface area contributed by atoms with E-state index in [-0.39, 0.29) is 18.1 Å². The lowest BCUT2D eigenvalue weighted by Crippen LogP contribution is -2.40. The first-order chi connectivity index (χ1) is 7.77. The van der Waals surface area contributed by atoms with Crippen LogP contribution in [-0.4, -0.2) is 24.7 Å². The van der Waals surface area contributed by atoms with E-state index >= 15 is 0 Å². The Morgan fingerprint density at radius 2 is 2.19 bits per heavy atom. The highest BCUT2D eigenvalue weighted by molar-refractivity contribution is 5.94. The molecule has 1 aromatic rings. The number of ether oxygens (including phenoxy) is 1. The molecule has 1 aromatic carbocycles. The second-order valence-electron chi connectivity index (χ2n) is 4.18. The molecule has 1 aliphatic heterocycles. The third-order valence-electron chi connectivity index (χ3n) is 2.92. The number of hydrogen-bond acceptors (Lipinski definition) is 2. The van der Waals surface area contributed by atoms with Crippen LogP contribution in [0, 0.1) is 0 Å². The predicted molar refractivity (Wildman–Crippen MR) is 62.3 cm³/mol. The van der Waals surface area contributed by atoms with Gasteiger partial charge in [-0.1, -0.05) is 18.2 Å². The molecular weight excluding hydrogens is 202 g/mol. The Balaban J connectivity index is 1.92. The van der Waals surface area contributed by atoms with Crippen molar-refractivity contribution in [3.63, 3.8) is 0 Å². The molecule has 1 heterocycles. The molecule has 0 aromatic heterocycles. The van der Waals surface area contributed by atoms with Crippen LogP contribution in [0.3, 0.4) is 0 Å². The maximum atomic E-state index is 11.8. The SMILES string of the molecule is C[C@@H](NC(=O)c1ccccc1)[C@H]1CCCO1. The molecule has 1 saturated heterocycles. The minimum absolute atomic E-state index is 0.0244. The smallest absolute Gasteiger partial charge is 0.251 e. The Kier molecular flexibility index (Phi) is 3.57. The lowest BCUT2D eigenvalue weighted by molar-refractivity contribution is 0.0712. The highest BCUT2D eigenvalue weighted by Crippen LogP contribution is 2.15. The van der Waals surface area contributed by atoms with Crippen LogP contribution in [0.25, 0.3) is 0 Å². The molecule has 0 spiro atoms. The van der Waals surface area contributed by atoms with Gasteiger partial charge in [-0.3, -0.25) is 4.79 Å². The van der Waals surface area contributed by atoms with Crippen molar-refractivity contribution in [2.24, 2.45) is 0 Å². The summed E-state index contributed by atoms with van der Waals surface area (Å²) in [6, 6.07) is 9.35. The summed E-state index contributed by atoms with van der Waals surface area (Å²) in [7, 11) is 0. The Morgan fingerprint density at radius 1 is 1.44 bits per heavy atom. The number of nitrogens with one attached hydrogen (secondary N) is 1. The Hall–Kier alpha value is -1.35. The monoisotopic (exact) mass is 219 g/mol. The highest BCUT2D eigenvalue weighted by atomic mass is 16.5. The van der Waals surface area contributed by atoms with Gasteiger partial charge in [0.05, 0.1) is 12.1 Å². The normalized spacial score (nSPS) is 21.7. The molecule has 0 aliphatic carbocycles. The largest absolute Gasteiger partial charge is 0.376 e. The van der Waals surface area contributed by atoms with Gasteiger partial charge in [-0.2, -0.15) is 0 Å². The fourth-order valence-electron chi connectivity index (χ4n) is 1.97. The fraction of sp³-hybridized carbons (Fsp3) is 0.462. The topological polar surface area (TPSA) is 38.3 Å². The van der Waals surface area contributed by atoms with Gasteiger partial charge in [-0.05, 0) is 31.9 Å². The van der Waals surface area contributed by atoms with Crippen molar-refractivity contribution in [3.05, 3.63) is 35.9 Å². The first-order valence-electron chi connectivity index (χ1n) is 5.75. The summed E-state index contributed by atoms with van der Waals surface area (Å²) in [4.78, 5) is 11.8. The summed E-state index contributed by atoms with van der Waals surface area (Å²) in [5.74, 6) is -0.0244. The van der Waals surface area contributed by atoms with E-state index in [0.717, 1.165) is 19.4 Å². The van der Waals surface area contributed by atoms with Crippen molar-refractivity contribution >= 4 is 5.91 Å². The van der Waals surface area contributed by atoms with Crippen molar-refractivity contribution in [2.45, 2.75) is 31.9 Å². The van der Waals surface area contributed by atoms with E-state index < -0.39 is 0 Å². The second-order valence-corrected chi connectivity index (χ2v) is 4.18. The van der Waals surface area contributed by atoms with Gasteiger partial charge in [0.1, 0.15) is 0 Å². The van der Waals surface area contributed by atoms with E-state index in [0.29, 0.717) is 5.56 Å². The Labute approximate surface area is 95.8 Å². The molecule has 3 nitrogen and oxygen atoms in total. The Morgan fingerprint density at radius 3 is 2.81 bits per heavy atom. The van der Waals surface area contributed by atoms with Gasteiger partial charge in [-0.25, -0.2) is 0 Å². The molecule has 0 unspecified atom stereocenters. The van der Waals surface area contributed by atoms with Crippen LogP contribution >= 0.6 is 0 Å². The second kappa shape index (κ2) is 5.12. The highest BCUT2D eigenvalue weighted by Gasteiger charge is 2.23. The third-order valence-corrected chi connectivity index (χ3v) is 2.92. The molecule has 1 fully saturated rings. The summed E-state index contributed by atoms with van der Waals surface area (Å²) in [6.45, 7) is 2.81. The van der Waals surface area contributed by atoms with Gasteiger partial charge < -0.3 is 10.1 Å². The van der Waals surface area contributed by atoms with Crippen molar-refractivity contribution in [1.29, 1.82) is 0 Å². The van der Waals surface area contributed by atoms with E-state index in [1.54, 1.807) is 0 Å². The molecular formula is C13H17NO2. The van der Waals surface area contributed by atoms with Crippen molar-refractivity contribution < 1.29 is 9.53 Å². The quantitative estimate of drug-likeness (QED) is 0.844. The van der Waals surface area contributed by atoms with Crippen LogP contribution in [0.4, 0.5) is 0 Å². The lowest BCUT2D eigenvalue weighted by atomic mass is 10.1. The molecule has 2 rings (SSSR count). The molecule has 16 heavy (non-hydrogen) atoms. The summed E-state index contributed by atoms with van der Waals surface area (Å²) in [5, 5.41) is 2.97. The maximum absolute atomic E-state index is 11.8. The minimum Gasteiger partial charge on any atom is -0.376 e. The van der Waals surface area contributed by atoms with E-state index in [1.165, 1.54) is 0 Å². The molecule has 1 N–H and O–H groups in total. The summed E-state index contributed by atoms with van der Waals surface area (Å²) in [5.41, 5.74) is 0.701. The predicted octanol–water partition coefficient (Wildman–Crippen LogP) is 1.98. The van der Waals surface area contributed by atoms with Gasteiger partial charge in [-0.15, -0.1) is 0 Å². The minimum atomic E-state index is -0.0244. The fourth-order valence-corrected chi connectivity index (χ4v) is 1.97. The zero-order valence-electron chi connectivity index (χ0n) is 9.48. The molecule has 2 atom stereocenters. The zero-order valence-corrected chi connectivity index (χ0v) is 9.48. The average molecular weight is 219 g/mol. The molecule has 0 bridgehead atoms. The van der Waals surface area contributed by atoms with E-state index in [4.69, 9.17) is 4.74 Å². The standard InChI is InChI=1S/C13H17NO2/c1-10(12-8-5-9-16-12)14-13(15)11-6-3-2-4-7-11/h2-4,6-7,10,12H,5,8-9H2,1H3,(H,14,15)/t10-,12-/m1/s1. The van der Waals surface area contributed by atoms with Gasteiger partial charge >= 0.3 is 0 Å². The first-order valence-corrected chi connectivity index (χ1v) is 5.75. The lowest BCUT2D eigenvalue weighted by Gasteiger charge is -2.19. The summed E-state index contributed by atoms with van der Waals surface area (Å²) >= 11 is 0. The third kappa shape index (κ3) is 2.61. The molecule has 3 heteroatoms. The average Bonchev–Trinajstić information content (AvgIpc) is 2.83. The van der Waals surface area contributed by atoms with Gasteiger partial charge in [0.15, 0.2) is 0 Å². The molecule has 86 valence electrons. The first kappa shape index (κ1) is 11.1. The molecule has 1 amide bonds. The Bertz CT molecular complexity index is 344. The number of benzene rings is 1. The summed E-state index contributed by atoms with van der Waals surface area (Å²) < 4.78 is 5.54. The summed E-state index contributed by atoms with van der Waals surface area (Å²) in [6.07, 6.45) is 2.31. The van der Waals surface area contributed by atoms with Crippen LogP contribution in [0.5, 0.6) is 0 Å².